The maximum absolute atomic E-state index is 11.4. The van der Waals surface area contributed by atoms with E-state index >= 15 is 0 Å². The third kappa shape index (κ3) is 5.18. The summed E-state index contributed by atoms with van der Waals surface area (Å²) in [5.74, 6) is 0.820. The van der Waals surface area contributed by atoms with Crippen LogP contribution in [0.15, 0.2) is 17.4 Å². The summed E-state index contributed by atoms with van der Waals surface area (Å²) < 4.78 is 32.9. The van der Waals surface area contributed by atoms with Gasteiger partial charge in [0.05, 0.1) is 25.1 Å². The molecule has 1 aliphatic heterocycles. The average Bonchev–Trinajstić information content (AvgIpc) is 3.01. The number of nitrogens with one attached hydrogen (secondary N) is 2. The fourth-order valence-electron chi connectivity index (χ4n) is 2.46. The fourth-order valence-corrected chi connectivity index (χ4v) is 3.08. The van der Waals surface area contributed by atoms with Crippen molar-refractivity contribution < 1.29 is 13.2 Å². The Bertz CT molecular complexity index is 657. The van der Waals surface area contributed by atoms with Gasteiger partial charge in [-0.1, -0.05) is 0 Å². The van der Waals surface area contributed by atoms with Crippen LogP contribution in [0, 0.1) is 0 Å². The summed E-state index contributed by atoms with van der Waals surface area (Å²) in [6, 6.07) is 0. The van der Waals surface area contributed by atoms with Gasteiger partial charge in [0.15, 0.2) is 5.96 Å². The lowest BCUT2D eigenvalue weighted by Gasteiger charge is -2.34. The lowest BCUT2D eigenvalue weighted by molar-refractivity contribution is -0.00800. The van der Waals surface area contributed by atoms with Crippen LogP contribution in [0.2, 0.25) is 0 Å². The summed E-state index contributed by atoms with van der Waals surface area (Å²) in [4.78, 5) is 6.38. The van der Waals surface area contributed by atoms with Crippen LogP contribution in [0.4, 0.5) is 0 Å². The highest BCUT2D eigenvalue weighted by atomic mass is 32.2. The molecule has 1 atom stereocenters. The van der Waals surface area contributed by atoms with Crippen LogP contribution in [0.5, 0.6) is 0 Å². The van der Waals surface area contributed by atoms with Crippen LogP contribution < -0.4 is 10.0 Å². The number of aliphatic imine (C=N–C) groups is 1. The van der Waals surface area contributed by atoms with Crippen LogP contribution in [-0.4, -0.2) is 74.6 Å². The van der Waals surface area contributed by atoms with Crippen molar-refractivity contribution in [3.63, 3.8) is 0 Å². The van der Waals surface area contributed by atoms with Gasteiger partial charge in [0.1, 0.15) is 6.10 Å². The van der Waals surface area contributed by atoms with Crippen molar-refractivity contribution in [1.82, 2.24) is 24.7 Å². The zero-order chi connectivity index (χ0) is 17.6. The van der Waals surface area contributed by atoms with Crippen LogP contribution in [-0.2, 0) is 21.8 Å². The Morgan fingerprint density at radius 1 is 1.50 bits per heavy atom. The van der Waals surface area contributed by atoms with Gasteiger partial charge in [0, 0.05) is 45.5 Å². The minimum absolute atomic E-state index is 0.0513. The molecule has 2 heterocycles. The normalized spacial score (nSPS) is 19.5. The molecule has 0 amide bonds. The maximum Gasteiger partial charge on any atom is 0.211 e. The van der Waals surface area contributed by atoms with E-state index in [0.29, 0.717) is 26.2 Å². The van der Waals surface area contributed by atoms with Gasteiger partial charge >= 0.3 is 0 Å². The third-order valence-corrected chi connectivity index (χ3v) is 5.19. The molecule has 0 spiro atoms. The molecule has 2 rings (SSSR count). The average molecular weight is 358 g/mol. The standard InChI is InChI=1S/C14H26N6O3S/c1-4-24(21,22)18-6-5-16-14(15-2)20-7-8-23-13(11-20)12-9-17-19(3)10-12/h9-10,13,18H,4-8,11H2,1-3H3,(H,15,16). The second kappa shape index (κ2) is 8.45. The first-order valence-corrected chi connectivity index (χ1v) is 9.63. The van der Waals surface area contributed by atoms with Gasteiger partial charge < -0.3 is 15.0 Å². The van der Waals surface area contributed by atoms with Crippen LogP contribution in [0.1, 0.15) is 18.6 Å². The summed E-state index contributed by atoms with van der Waals surface area (Å²) in [7, 11) is 0.428. The minimum Gasteiger partial charge on any atom is -0.370 e. The van der Waals surface area contributed by atoms with Gasteiger partial charge in [0.25, 0.3) is 0 Å². The van der Waals surface area contributed by atoms with E-state index in [4.69, 9.17) is 4.74 Å². The number of rotatable bonds is 6. The van der Waals surface area contributed by atoms with E-state index in [0.717, 1.165) is 18.1 Å². The Kier molecular flexibility index (Phi) is 6.58. The van der Waals surface area contributed by atoms with Crippen molar-refractivity contribution in [3.05, 3.63) is 18.0 Å². The highest BCUT2D eigenvalue weighted by molar-refractivity contribution is 7.89. The number of ether oxygens (including phenoxy) is 1. The van der Waals surface area contributed by atoms with E-state index in [1.54, 1.807) is 18.7 Å². The number of hydrogen-bond donors (Lipinski definition) is 2. The SMILES string of the molecule is CCS(=O)(=O)NCCNC(=NC)N1CCOC(c2cnn(C)c2)C1. The van der Waals surface area contributed by atoms with E-state index < -0.39 is 10.0 Å². The predicted molar refractivity (Wildman–Crippen MR) is 92.3 cm³/mol. The molecule has 1 fully saturated rings. The number of aromatic nitrogens is 2. The van der Waals surface area contributed by atoms with E-state index in [1.165, 1.54) is 0 Å². The highest BCUT2D eigenvalue weighted by Gasteiger charge is 2.25. The zero-order valence-electron chi connectivity index (χ0n) is 14.4. The van der Waals surface area contributed by atoms with E-state index in [-0.39, 0.29) is 11.9 Å². The molecule has 9 nitrogen and oxygen atoms in total. The van der Waals surface area contributed by atoms with Crippen molar-refractivity contribution in [2.45, 2.75) is 13.0 Å². The Morgan fingerprint density at radius 2 is 2.29 bits per heavy atom. The molecule has 1 unspecified atom stereocenters. The molecule has 1 saturated heterocycles. The molecule has 0 saturated carbocycles. The molecule has 0 bridgehead atoms. The second-order valence-electron chi connectivity index (χ2n) is 5.52. The number of guanidine groups is 1. The molecule has 1 aromatic heterocycles. The summed E-state index contributed by atoms with van der Waals surface area (Å²) in [5, 5.41) is 7.37. The first-order valence-electron chi connectivity index (χ1n) is 7.98. The first kappa shape index (κ1) is 18.7. The Labute approximate surface area is 143 Å². The van der Waals surface area contributed by atoms with Crippen LogP contribution >= 0.6 is 0 Å². The maximum atomic E-state index is 11.4. The van der Waals surface area contributed by atoms with Gasteiger partial charge in [0.2, 0.25) is 10.0 Å². The monoisotopic (exact) mass is 358 g/mol. The topological polar surface area (TPSA) is 101 Å². The number of nitrogens with zero attached hydrogens (tertiary/aromatic N) is 4. The molecule has 1 aromatic rings. The van der Waals surface area contributed by atoms with Crippen molar-refractivity contribution in [2.75, 3.05) is 45.6 Å². The lowest BCUT2D eigenvalue weighted by atomic mass is 10.1. The minimum atomic E-state index is -3.16. The quantitative estimate of drug-likeness (QED) is 0.397. The Morgan fingerprint density at radius 3 is 2.92 bits per heavy atom. The van der Waals surface area contributed by atoms with E-state index in [9.17, 15) is 8.42 Å². The number of morpholine rings is 1. The molecular formula is C14H26N6O3S. The zero-order valence-corrected chi connectivity index (χ0v) is 15.2. The highest BCUT2D eigenvalue weighted by Crippen LogP contribution is 2.21. The van der Waals surface area contributed by atoms with Crippen LogP contribution in [0.25, 0.3) is 0 Å². The summed E-state index contributed by atoms with van der Waals surface area (Å²) >= 11 is 0. The molecule has 10 heteroatoms. The largest absolute Gasteiger partial charge is 0.370 e. The van der Waals surface area contributed by atoms with Gasteiger partial charge in [-0.05, 0) is 6.92 Å². The lowest BCUT2D eigenvalue weighted by Crippen LogP contribution is -2.49. The number of aryl methyl sites for hydroxylation is 1. The molecule has 0 aromatic carbocycles. The van der Waals surface area contributed by atoms with Gasteiger partial charge in [-0.25, -0.2) is 13.1 Å². The van der Waals surface area contributed by atoms with Crippen molar-refractivity contribution in [2.24, 2.45) is 12.0 Å². The van der Waals surface area contributed by atoms with Gasteiger partial charge in [-0.3, -0.25) is 9.67 Å². The Hall–Kier alpha value is -1.65. The summed E-state index contributed by atoms with van der Waals surface area (Å²) in [6.45, 7) is 4.42. The third-order valence-electron chi connectivity index (χ3n) is 3.78. The van der Waals surface area contributed by atoms with Gasteiger partial charge in [-0.15, -0.1) is 0 Å². The molecule has 24 heavy (non-hydrogen) atoms. The van der Waals surface area contributed by atoms with Crippen molar-refractivity contribution in [3.8, 4) is 0 Å². The van der Waals surface area contributed by atoms with E-state index in [1.807, 2.05) is 19.4 Å². The predicted octanol–water partition coefficient (Wildman–Crippen LogP) is -0.692. The molecule has 1 aliphatic rings. The molecule has 2 N–H and O–H groups in total. The molecule has 0 radical (unpaired) electrons. The summed E-state index contributed by atoms with van der Waals surface area (Å²) in [5.41, 5.74) is 1.04. The van der Waals surface area contributed by atoms with E-state index in [2.05, 4.69) is 25.0 Å². The van der Waals surface area contributed by atoms with Crippen LogP contribution in [0.3, 0.4) is 0 Å². The number of sulfonamides is 1. The fraction of sp³-hybridized carbons (Fsp3) is 0.714. The van der Waals surface area contributed by atoms with Crippen molar-refractivity contribution in [1.29, 1.82) is 0 Å². The second-order valence-corrected chi connectivity index (χ2v) is 7.62. The molecule has 0 aliphatic carbocycles. The van der Waals surface area contributed by atoms with Crippen molar-refractivity contribution >= 4 is 16.0 Å². The molecule has 136 valence electrons. The number of hydrogen-bond acceptors (Lipinski definition) is 5. The first-order chi connectivity index (χ1) is 11.4. The smallest absolute Gasteiger partial charge is 0.211 e. The molecular weight excluding hydrogens is 332 g/mol. The van der Waals surface area contributed by atoms with Gasteiger partial charge in [-0.2, -0.15) is 5.10 Å². The summed E-state index contributed by atoms with van der Waals surface area (Å²) in [6.07, 6.45) is 3.71. The Balaban J connectivity index is 1.86.